The van der Waals surface area contributed by atoms with Crippen molar-refractivity contribution in [1.82, 2.24) is 10.3 Å². The van der Waals surface area contributed by atoms with Crippen LogP contribution < -0.4 is 5.32 Å². The molecule has 0 radical (unpaired) electrons. The summed E-state index contributed by atoms with van der Waals surface area (Å²) in [6.45, 7) is 8.53. The van der Waals surface area contributed by atoms with Gasteiger partial charge in [0.25, 0.3) is 0 Å². The maximum atomic E-state index is 4.45. The van der Waals surface area contributed by atoms with Crippen LogP contribution in [0.2, 0.25) is 0 Å². The fourth-order valence-corrected chi connectivity index (χ4v) is 1.74. The first-order valence-corrected chi connectivity index (χ1v) is 5.85. The van der Waals surface area contributed by atoms with Crippen LogP contribution in [-0.2, 0) is 6.54 Å². The molecule has 0 saturated heterocycles. The number of hydrogen-bond donors (Lipinski definition) is 1. The highest BCUT2D eigenvalue weighted by Crippen LogP contribution is 2.03. The standard InChI is InChI=1S/C13H22N2/c1-4-6-11(2)9-14-10-13-8-5-7-12(3)15-13/h5,7-8,11,14H,4,6,9-10H2,1-3H3. The number of nitrogens with one attached hydrogen (secondary N) is 1. The van der Waals surface area contributed by atoms with Crippen molar-refractivity contribution < 1.29 is 0 Å². The zero-order chi connectivity index (χ0) is 11.1. The van der Waals surface area contributed by atoms with E-state index >= 15 is 0 Å². The molecule has 84 valence electrons. The van der Waals surface area contributed by atoms with E-state index in [1.165, 1.54) is 12.8 Å². The van der Waals surface area contributed by atoms with Crippen LogP contribution in [0.25, 0.3) is 0 Å². The van der Waals surface area contributed by atoms with Gasteiger partial charge in [-0.2, -0.15) is 0 Å². The second kappa shape index (κ2) is 6.57. The van der Waals surface area contributed by atoms with Crippen LogP contribution in [0.3, 0.4) is 0 Å². The fourth-order valence-electron chi connectivity index (χ4n) is 1.74. The lowest BCUT2D eigenvalue weighted by Gasteiger charge is -2.11. The van der Waals surface area contributed by atoms with Crippen molar-refractivity contribution in [2.24, 2.45) is 5.92 Å². The number of hydrogen-bond acceptors (Lipinski definition) is 2. The Balaban J connectivity index is 2.25. The summed E-state index contributed by atoms with van der Waals surface area (Å²) in [5.74, 6) is 0.764. The summed E-state index contributed by atoms with van der Waals surface area (Å²) in [5, 5.41) is 3.45. The third-order valence-corrected chi connectivity index (χ3v) is 2.53. The number of aromatic nitrogens is 1. The molecule has 2 heteroatoms. The number of pyridine rings is 1. The Morgan fingerprint density at radius 3 is 2.87 bits per heavy atom. The minimum Gasteiger partial charge on any atom is -0.311 e. The molecule has 0 aliphatic carbocycles. The summed E-state index contributed by atoms with van der Waals surface area (Å²) in [5.41, 5.74) is 2.23. The summed E-state index contributed by atoms with van der Waals surface area (Å²) in [7, 11) is 0. The Bertz CT molecular complexity index is 284. The molecule has 1 rings (SSSR count). The maximum absolute atomic E-state index is 4.45. The van der Waals surface area contributed by atoms with E-state index in [4.69, 9.17) is 0 Å². The Kier molecular flexibility index (Phi) is 5.33. The second-order valence-electron chi connectivity index (χ2n) is 4.30. The molecule has 1 atom stereocenters. The first kappa shape index (κ1) is 12.2. The van der Waals surface area contributed by atoms with Crippen LogP contribution in [0, 0.1) is 12.8 Å². The van der Waals surface area contributed by atoms with Gasteiger partial charge in [-0.05, 0) is 37.9 Å². The minimum absolute atomic E-state index is 0.764. The molecule has 0 aromatic carbocycles. The minimum atomic E-state index is 0.764. The smallest absolute Gasteiger partial charge is 0.0544 e. The average molecular weight is 206 g/mol. The van der Waals surface area contributed by atoms with Crippen LogP contribution in [0.1, 0.15) is 38.1 Å². The third-order valence-electron chi connectivity index (χ3n) is 2.53. The topological polar surface area (TPSA) is 24.9 Å². The van der Waals surface area contributed by atoms with Crippen molar-refractivity contribution in [2.45, 2.75) is 40.2 Å². The molecule has 0 aliphatic rings. The summed E-state index contributed by atoms with van der Waals surface area (Å²) in [6.07, 6.45) is 2.57. The van der Waals surface area contributed by atoms with E-state index < -0.39 is 0 Å². The predicted molar refractivity (Wildman–Crippen MR) is 64.8 cm³/mol. The largest absolute Gasteiger partial charge is 0.311 e. The normalized spacial score (nSPS) is 12.7. The second-order valence-corrected chi connectivity index (χ2v) is 4.30. The first-order chi connectivity index (χ1) is 7.22. The van der Waals surface area contributed by atoms with Gasteiger partial charge in [-0.1, -0.05) is 26.3 Å². The first-order valence-electron chi connectivity index (χ1n) is 5.85. The quantitative estimate of drug-likeness (QED) is 0.774. The van der Waals surface area contributed by atoms with Crippen molar-refractivity contribution in [3.8, 4) is 0 Å². The molecule has 0 saturated carbocycles. The predicted octanol–water partition coefficient (Wildman–Crippen LogP) is 2.92. The van der Waals surface area contributed by atoms with E-state index in [-0.39, 0.29) is 0 Å². The molecule has 1 heterocycles. The molecular weight excluding hydrogens is 184 g/mol. The third kappa shape index (κ3) is 4.93. The molecular formula is C13H22N2. The summed E-state index contributed by atoms with van der Waals surface area (Å²) < 4.78 is 0. The molecule has 1 aromatic rings. The molecule has 1 N–H and O–H groups in total. The molecule has 0 bridgehead atoms. The van der Waals surface area contributed by atoms with Gasteiger partial charge in [0.2, 0.25) is 0 Å². The van der Waals surface area contributed by atoms with Crippen molar-refractivity contribution >= 4 is 0 Å². The van der Waals surface area contributed by atoms with E-state index in [1.54, 1.807) is 0 Å². The monoisotopic (exact) mass is 206 g/mol. The van der Waals surface area contributed by atoms with Gasteiger partial charge in [-0.3, -0.25) is 4.98 Å². The molecule has 1 aromatic heterocycles. The maximum Gasteiger partial charge on any atom is 0.0544 e. The van der Waals surface area contributed by atoms with E-state index in [0.717, 1.165) is 30.4 Å². The molecule has 15 heavy (non-hydrogen) atoms. The molecule has 0 aliphatic heterocycles. The summed E-state index contributed by atoms with van der Waals surface area (Å²) >= 11 is 0. The SMILES string of the molecule is CCCC(C)CNCc1cccc(C)n1. The number of nitrogens with zero attached hydrogens (tertiary/aromatic N) is 1. The molecule has 2 nitrogen and oxygen atoms in total. The van der Waals surface area contributed by atoms with E-state index in [2.05, 4.69) is 36.3 Å². The molecule has 0 spiro atoms. The van der Waals surface area contributed by atoms with Gasteiger partial charge in [0, 0.05) is 12.2 Å². The fraction of sp³-hybridized carbons (Fsp3) is 0.615. The van der Waals surface area contributed by atoms with Crippen LogP contribution in [0.4, 0.5) is 0 Å². The van der Waals surface area contributed by atoms with Gasteiger partial charge in [0.15, 0.2) is 0 Å². The van der Waals surface area contributed by atoms with Gasteiger partial charge >= 0.3 is 0 Å². The van der Waals surface area contributed by atoms with E-state index in [0.29, 0.717) is 0 Å². The van der Waals surface area contributed by atoms with Crippen LogP contribution in [0.15, 0.2) is 18.2 Å². The van der Waals surface area contributed by atoms with Gasteiger partial charge in [0.1, 0.15) is 0 Å². The molecule has 0 fully saturated rings. The van der Waals surface area contributed by atoms with Crippen LogP contribution >= 0.6 is 0 Å². The van der Waals surface area contributed by atoms with Gasteiger partial charge < -0.3 is 5.32 Å². The Morgan fingerprint density at radius 1 is 1.40 bits per heavy atom. The lowest BCUT2D eigenvalue weighted by molar-refractivity contribution is 0.474. The van der Waals surface area contributed by atoms with Crippen LogP contribution in [-0.4, -0.2) is 11.5 Å². The number of rotatable bonds is 6. The molecule has 1 unspecified atom stereocenters. The highest BCUT2D eigenvalue weighted by molar-refractivity contribution is 5.09. The lowest BCUT2D eigenvalue weighted by atomic mass is 10.1. The van der Waals surface area contributed by atoms with E-state index in [1.807, 2.05) is 13.0 Å². The molecule has 0 amide bonds. The van der Waals surface area contributed by atoms with Gasteiger partial charge in [0.05, 0.1) is 5.69 Å². The Hall–Kier alpha value is -0.890. The van der Waals surface area contributed by atoms with Crippen molar-refractivity contribution in [2.75, 3.05) is 6.54 Å². The zero-order valence-electron chi connectivity index (χ0n) is 10.1. The highest BCUT2D eigenvalue weighted by atomic mass is 14.9. The van der Waals surface area contributed by atoms with E-state index in [9.17, 15) is 0 Å². The lowest BCUT2D eigenvalue weighted by Crippen LogP contribution is -2.21. The van der Waals surface area contributed by atoms with Crippen LogP contribution in [0.5, 0.6) is 0 Å². The Labute approximate surface area is 93.1 Å². The summed E-state index contributed by atoms with van der Waals surface area (Å²) in [6, 6.07) is 6.17. The highest BCUT2D eigenvalue weighted by Gasteiger charge is 2.00. The number of aryl methyl sites for hydroxylation is 1. The van der Waals surface area contributed by atoms with Crippen molar-refractivity contribution in [3.05, 3.63) is 29.6 Å². The van der Waals surface area contributed by atoms with Crippen molar-refractivity contribution in [3.63, 3.8) is 0 Å². The summed E-state index contributed by atoms with van der Waals surface area (Å²) in [4.78, 5) is 4.45. The zero-order valence-corrected chi connectivity index (χ0v) is 10.1. The van der Waals surface area contributed by atoms with Gasteiger partial charge in [-0.25, -0.2) is 0 Å². The van der Waals surface area contributed by atoms with Crippen molar-refractivity contribution in [1.29, 1.82) is 0 Å². The Morgan fingerprint density at radius 2 is 2.20 bits per heavy atom. The van der Waals surface area contributed by atoms with Gasteiger partial charge in [-0.15, -0.1) is 0 Å². The average Bonchev–Trinajstić information content (AvgIpc) is 2.18.